The van der Waals surface area contributed by atoms with Gasteiger partial charge in [0, 0.05) is 6.07 Å². The van der Waals surface area contributed by atoms with E-state index in [0.29, 0.717) is 5.88 Å². The molecule has 0 aliphatic rings. The molecule has 0 unspecified atom stereocenters. The Balaban J connectivity index is 2.31. The van der Waals surface area contributed by atoms with Crippen molar-refractivity contribution in [2.45, 2.75) is 6.92 Å². The largest absolute Gasteiger partial charge is 0.402 e. The number of halogens is 1. The minimum absolute atomic E-state index is 0.243. The van der Waals surface area contributed by atoms with E-state index in [4.69, 9.17) is 4.74 Å². The van der Waals surface area contributed by atoms with Crippen LogP contribution in [0.1, 0.15) is 5.56 Å². The molecule has 0 bridgehead atoms. The topological polar surface area (TPSA) is 13.1 Å². The quantitative estimate of drug-likeness (QED) is 0.706. The average Bonchev–Trinajstić information content (AvgIpc) is 2.25. The predicted molar refractivity (Wildman–Crippen MR) is 58.8 cm³/mol. The van der Waals surface area contributed by atoms with Crippen LogP contribution in [0.2, 0.25) is 0 Å². The summed E-state index contributed by atoms with van der Waals surface area (Å²) in [6.07, 6.45) is 1.85. The van der Waals surface area contributed by atoms with Crippen LogP contribution in [0.4, 0.5) is 4.39 Å². The van der Waals surface area contributed by atoms with Crippen LogP contribution >= 0.6 is 0 Å². The van der Waals surface area contributed by atoms with Crippen LogP contribution < -0.4 is 9.30 Å². The maximum Gasteiger partial charge on any atom is 0.373 e. The molecular weight excluding hydrogens is 205 g/mol. The van der Waals surface area contributed by atoms with Gasteiger partial charge in [0.15, 0.2) is 17.8 Å². The number of hydrogen-bond donors (Lipinski definition) is 0. The number of rotatable bonds is 2. The van der Waals surface area contributed by atoms with Crippen LogP contribution in [0.3, 0.4) is 0 Å². The predicted octanol–water partition coefficient (Wildman–Crippen LogP) is 2.75. The molecule has 16 heavy (non-hydrogen) atoms. The van der Waals surface area contributed by atoms with E-state index in [1.807, 2.05) is 38.4 Å². The van der Waals surface area contributed by atoms with E-state index >= 15 is 0 Å². The zero-order valence-electron chi connectivity index (χ0n) is 9.27. The second-order valence-electron chi connectivity index (χ2n) is 3.69. The van der Waals surface area contributed by atoms with Crippen LogP contribution in [0.15, 0.2) is 42.6 Å². The maximum atomic E-state index is 13.5. The van der Waals surface area contributed by atoms with Crippen molar-refractivity contribution in [2.75, 3.05) is 0 Å². The van der Waals surface area contributed by atoms with E-state index in [9.17, 15) is 4.39 Å². The minimum atomic E-state index is -0.344. The van der Waals surface area contributed by atoms with Gasteiger partial charge in [-0.05, 0) is 30.7 Å². The number of benzene rings is 1. The second-order valence-corrected chi connectivity index (χ2v) is 3.69. The fourth-order valence-corrected chi connectivity index (χ4v) is 1.42. The first-order chi connectivity index (χ1) is 7.66. The Kier molecular flexibility index (Phi) is 2.86. The lowest BCUT2D eigenvalue weighted by molar-refractivity contribution is -0.675. The molecule has 2 nitrogen and oxygen atoms in total. The summed E-state index contributed by atoms with van der Waals surface area (Å²) in [7, 11) is 1.85. The van der Waals surface area contributed by atoms with Crippen LogP contribution in [-0.2, 0) is 7.05 Å². The third-order valence-electron chi connectivity index (χ3n) is 2.31. The Morgan fingerprint density at radius 1 is 1.19 bits per heavy atom. The molecule has 1 aromatic carbocycles. The van der Waals surface area contributed by atoms with Crippen LogP contribution in [0.5, 0.6) is 11.6 Å². The van der Waals surface area contributed by atoms with E-state index in [1.54, 1.807) is 16.7 Å². The van der Waals surface area contributed by atoms with Crippen molar-refractivity contribution in [3.8, 4) is 11.6 Å². The molecule has 0 N–H and O–H groups in total. The van der Waals surface area contributed by atoms with Crippen molar-refractivity contribution in [3.05, 3.63) is 54.0 Å². The number of ether oxygens (including phenoxy) is 1. The Labute approximate surface area is 93.9 Å². The average molecular weight is 218 g/mol. The van der Waals surface area contributed by atoms with Crippen molar-refractivity contribution in [3.63, 3.8) is 0 Å². The summed E-state index contributed by atoms with van der Waals surface area (Å²) in [5, 5.41) is 0. The Hall–Kier alpha value is -1.90. The third-order valence-corrected chi connectivity index (χ3v) is 2.31. The van der Waals surface area contributed by atoms with Gasteiger partial charge < -0.3 is 4.74 Å². The van der Waals surface area contributed by atoms with Crippen molar-refractivity contribution < 1.29 is 13.7 Å². The number of aromatic nitrogens is 1. The van der Waals surface area contributed by atoms with Crippen LogP contribution in [0, 0.1) is 12.7 Å². The van der Waals surface area contributed by atoms with E-state index in [2.05, 4.69) is 0 Å². The maximum absolute atomic E-state index is 13.5. The molecule has 0 aliphatic heterocycles. The summed E-state index contributed by atoms with van der Waals surface area (Å²) in [5.74, 6) is 0.501. The Bertz CT molecular complexity index is 511. The van der Waals surface area contributed by atoms with Gasteiger partial charge in [0.05, 0.1) is 6.07 Å². The molecule has 0 atom stereocenters. The normalized spacial score (nSPS) is 10.2. The molecule has 0 saturated carbocycles. The van der Waals surface area contributed by atoms with E-state index in [-0.39, 0.29) is 11.6 Å². The van der Waals surface area contributed by atoms with Gasteiger partial charge in [-0.25, -0.2) is 4.39 Å². The minimum Gasteiger partial charge on any atom is -0.402 e. The SMILES string of the molecule is Cc1ccc(Oc2cccc[n+]2C)c(F)c1. The highest BCUT2D eigenvalue weighted by molar-refractivity contribution is 5.30. The van der Waals surface area contributed by atoms with Crippen LogP contribution in [0.25, 0.3) is 0 Å². The number of aryl methyl sites for hydroxylation is 2. The lowest BCUT2D eigenvalue weighted by Crippen LogP contribution is -2.28. The highest BCUT2D eigenvalue weighted by atomic mass is 19.1. The summed E-state index contributed by atoms with van der Waals surface area (Å²) in [4.78, 5) is 0. The van der Waals surface area contributed by atoms with Gasteiger partial charge in [-0.1, -0.05) is 6.07 Å². The molecule has 3 heteroatoms. The summed E-state index contributed by atoms with van der Waals surface area (Å²) in [6, 6.07) is 10.4. The molecule has 82 valence electrons. The fraction of sp³-hybridized carbons (Fsp3) is 0.154. The van der Waals surface area contributed by atoms with Crippen molar-refractivity contribution in [2.24, 2.45) is 7.05 Å². The molecule has 0 radical (unpaired) electrons. The molecule has 0 fully saturated rings. The standard InChI is InChI=1S/C13H13FNO/c1-10-6-7-12(11(14)9-10)16-13-5-3-4-8-15(13)2/h3-9H,1-2H3/q+1. The molecule has 2 rings (SSSR count). The summed E-state index contributed by atoms with van der Waals surface area (Å²) < 4.78 is 20.8. The summed E-state index contributed by atoms with van der Waals surface area (Å²) in [5.41, 5.74) is 0.877. The molecule has 0 amide bonds. The van der Waals surface area contributed by atoms with E-state index in [1.165, 1.54) is 6.07 Å². The van der Waals surface area contributed by atoms with Crippen molar-refractivity contribution in [1.82, 2.24) is 0 Å². The highest BCUT2D eigenvalue weighted by Crippen LogP contribution is 2.22. The fourth-order valence-electron chi connectivity index (χ4n) is 1.42. The Morgan fingerprint density at radius 2 is 2.00 bits per heavy atom. The van der Waals surface area contributed by atoms with Gasteiger partial charge in [-0.15, -0.1) is 0 Å². The lowest BCUT2D eigenvalue weighted by atomic mass is 10.2. The van der Waals surface area contributed by atoms with Crippen molar-refractivity contribution >= 4 is 0 Å². The zero-order valence-corrected chi connectivity index (χ0v) is 9.27. The van der Waals surface area contributed by atoms with E-state index < -0.39 is 0 Å². The van der Waals surface area contributed by atoms with Gasteiger partial charge in [0.2, 0.25) is 0 Å². The molecule has 0 aliphatic carbocycles. The molecule has 2 aromatic rings. The zero-order chi connectivity index (χ0) is 11.5. The van der Waals surface area contributed by atoms with Crippen molar-refractivity contribution in [1.29, 1.82) is 0 Å². The lowest BCUT2D eigenvalue weighted by Gasteiger charge is -2.04. The monoisotopic (exact) mass is 218 g/mol. The van der Waals surface area contributed by atoms with E-state index in [0.717, 1.165) is 5.56 Å². The van der Waals surface area contributed by atoms with Gasteiger partial charge in [0.1, 0.15) is 7.05 Å². The first-order valence-electron chi connectivity index (χ1n) is 5.05. The number of nitrogens with zero attached hydrogens (tertiary/aromatic N) is 1. The number of pyridine rings is 1. The molecule has 1 heterocycles. The summed E-state index contributed by atoms with van der Waals surface area (Å²) >= 11 is 0. The molecule has 0 saturated heterocycles. The Morgan fingerprint density at radius 3 is 2.69 bits per heavy atom. The highest BCUT2D eigenvalue weighted by Gasteiger charge is 2.10. The first-order valence-corrected chi connectivity index (χ1v) is 5.05. The smallest absolute Gasteiger partial charge is 0.373 e. The molecule has 1 aromatic heterocycles. The molecular formula is C13H13FNO+. The van der Waals surface area contributed by atoms with Gasteiger partial charge in [0.25, 0.3) is 0 Å². The first kappa shape index (κ1) is 10.6. The third kappa shape index (κ3) is 2.19. The second kappa shape index (κ2) is 4.31. The number of hydrogen-bond acceptors (Lipinski definition) is 1. The van der Waals surface area contributed by atoms with Crippen LogP contribution in [-0.4, -0.2) is 0 Å². The van der Waals surface area contributed by atoms with Gasteiger partial charge in [-0.3, -0.25) is 0 Å². The van der Waals surface area contributed by atoms with Gasteiger partial charge >= 0.3 is 5.88 Å². The van der Waals surface area contributed by atoms with Gasteiger partial charge in [-0.2, -0.15) is 4.57 Å². The summed E-state index contributed by atoms with van der Waals surface area (Å²) in [6.45, 7) is 1.84. The molecule has 0 spiro atoms.